The summed E-state index contributed by atoms with van der Waals surface area (Å²) in [4.78, 5) is 35.0. The summed E-state index contributed by atoms with van der Waals surface area (Å²) in [5.41, 5.74) is 0.931. The summed E-state index contributed by atoms with van der Waals surface area (Å²) in [5, 5.41) is 7.77. The van der Waals surface area contributed by atoms with E-state index < -0.39 is 0 Å². The van der Waals surface area contributed by atoms with E-state index in [1.54, 1.807) is 22.7 Å². The second-order valence-electron chi connectivity index (χ2n) is 7.39. The lowest BCUT2D eigenvalue weighted by Gasteiger charge is -2.32. The van der Waals surface area contributed by atoms with Gasteiger partial charge in [0.1, 0.15) is 5.69 Å². The molecule has 0 spiro atoms. The largest absolute Gasteiger partial charge is 0.342 e. The van der Waals surface area contributed by atoms with E-state index in [1.807, 2.05) is 36.3 Å². The molecule has 0 atom stereocenters. The van der Waals surface area contributed by atoms with Crippen molar-refractivity contribution in [3.63, 3.8) is 0 Å². The molecule has 3 aromatic rings. The molecular weight excluding hydrogens is 422 g/mol. The fraction of sp³-hybridized carbons (Fsp3) is 0.381. The second-order valence-corrected chi connectivity index (χ2v) is 10.3. The highest BCUT2D eigenvalue weighted by Gasteiger charge is 2.29. The Balaban J connectivity index is 1.47. The first kappa shape index (κ1) is 20.3. The van der Waals surface area contributed by atoms with Crippen LogP contribution in [0.3, 0.4) is 0 Å². The van der Waals surface area contributed by atoms with Crippen LogP contribution in [-0.4, -0.2) is 34.8 Å². The fourth-order valence-corrected chi connectivity index (χ4v) is 6.08. The molecule has 152 valence electrons. The molecule has 3 aromatic heterocycles. The van der Waals surface area contributed by atoms with Crippen molar-refractivity contribution in [1.29, 1.82) is 0 Å². The molecular formula is C21H23N3O2S3. The molecule has 0 bridgehead atoms. The minimum absolute atomic E-state index is 0.00189. The molecule has 4 heterocycles. The molecule has 2 amide bonds. The minimum Gasteiger partial charge on any atom is -0.342 e. The molecule has 1 aliphatic heterocycles. The summed E-state index contributed by atoms with van der Waals surface area (Å²) in [7, 11) is 0. The Morgan fingerprint density at radius 2 is 1.76 bits per heavy atom. The lowest BCUT2D eigenvalue weighted by Crippen LogP contribution is -2.43. The van der Waals surface area contributed by atoms with Gasteiger partial charge in [0.2, 0.25) is 11.8 Å². The highest BCUT2D eigenvalue weighted by atomic mass is 32.1. The van der Waals surface area contributed by atoms with Crippen LogP contribution in [0.25, 0.3) is 20.3 Å². The van der Waals surface area contributed by atoms with E-state index in [4.69, 9.17) is 4.98 Å². The number of thiazole rings is 1. The van der Waals surface area contributed by atoms with Crippen molar-refractivity contribution >= 4 is 51.0 Å². The van der Waals surface area contributed by atoms with Crippen molar-refractivity contribution in [3.8, 4) is 20.3 Å². The maximum atomic E-state index is 12.8. The standard InChI is InChI=1S/C21H23N3O2S3/c1-13(2)20(26)24-9-7-14(8-10-24)19(25)23-21-22-17(15-5-3-11-27-15)18(29-21)16-6-4-12-28-16/h3-6,11-14H,7-10H2,1-2H3,(H,22,23,25). The molecule has 29 heavy (non-hydrogen) atoms. The van der Waals surface area contributed by atoms with Crippen LogP contribution >= 0.6 is 34.0 Å². The Morgan fingerprint density at radius 3 is 2.34 bits per heavy atom. The first-order chi connectivity index (χ1) is 14.0. The first-order valence-corrected chi connectivity index (χ1v) is 12.3. The average Bonchev–Trinajstić information content (AvgIpc) is 3.47. The number of likely N-dealkylation sites (tertiary alicyclic amines) is 1. The van der Waals surface area contributed by atoms with Crippen molar-refractivity contribution in [3.05, 3.63) is 35.0 Å². The third-order valence-electron chi connectivity index (χ3n) is 5.03. The van der Waals surface area contributed by atoms with Crippen molar-refractivity contribution < 1.29 is 9.59 Å². The van der Waals surface area contributed by atoms with Gasteiger partial charge in [-0.05, 0) is 35.7 Å². The Morgan fingerprint density at radius 1 is 1.10 bits per heavy atom. The van der Waals surface area contributed by atoms with Crippen LogP contribution in [0.4, 0.5) is 5.13 Å². The quantitative estimate of drug-likeness (QED) is 0.569. The number of nitrogens with one attached hydrogen (secondary N) is 1. The van der Waals surface area contributed by atoms with Gasteiger partial charge in [-0.2, -0.15) is 0 Å². The van der Waals surface area contributed by atoms with Gasteiger partial charge in [-0.25, -0.2) is 4.98 Å². The van der Waals surface area contributed by atoms with Gasteiger partial charge in [0.25, 0.3) is 0 Å². The molecule has 1 fully saturated rings. The Hall–Kier alpha value is -2.03. The number of carbonyl (C=O) groups is 2. The van der Waals surface area contributed by atoms with Crippen LogP contribution in [0.5, 0.6) is 0 Å². The number of aromatic nitrogens is 1. The van der Waals surface area contributed by atoms with Gasteiger partial charge in [0, 0.05) is 29.8 Å². The van der Waals surface area contributed by atoms with Crippen molar-refractivity contribution in [2.24, 2.45) is 11.8 Å². The molecule has 0 aromatic carbocycles. The maximum absolute atomic E-state index is 12.8. The van der Waals surface area contributed by atoms with Gasteiger partial charge >= 0.3 is 0 Å². The molecule has 0 aliphatic carbocycles. The lowest BCUT2D eigenvalue weighted by molar-refractivity contribution is -0.137. The highest BCUT2D eigenvalue weighted by Crippen LogP contribution is 2.42. The summed E-state index contributed by atoms with van der Waals surface area (Å²) in [5.74, 6) is 0.100. The minimum atomic E-state index is -0.0783. The summed E-state index contributed by atoms with van der Waals surface area (Å²) >= 11 is 4.86. The number of hydrogen-bond acceptors (Lipinski definition) is 6. The molecule has 8 heteroatoms. The number of hydrogen-bond donors (Lipinski definition) is 1. The van der Waals surface area contributed by atoms with Gasteiger partial charge < -0.3 is 10.2 Å². The lowest BCUT2D eigenvalue weighted by atomic mass is 9.95. The predicted molar refractivity (Wildman–Crippen MR) is 122 cm³/mol. The zero-order chi connectivity index (χ0) is 20.4. The molecule has 4 rings (SSSR count). The second kappa shape index (κ2) is 8.77. The average molecular weight is 446 g/mol. The van der Waals surface area contributed by atoms with Crippen molar-refractivity contribution in [1.82, 2.24) is 9.88 Å². The van der Waals surface area contributed by atoms with E-state index in [0.717, 1.165) is 20.3 Å². The van der Waals surface area contributed by atoms with Crippen LogP contribution < -0.4 is 5.32 Å². The van der Waals surface area contributed by atoms with Gasteiger partial charge in [0.15, 0.2) is 5.13 Å². The van der Waals surface area contributed by atoms with Crippen LogP contribution in [0.1, 0.15) is 26.7 Å². The van der Waals surface area contributed by atoms with Crippen molar-refractivity contribution in [2.45, 2.75) is 26.7 Å². The molecule has 0 radical (unpaired) electrons. The number of nitrogens with zero attached hydrogens (tertiary/aromatic N) is 2. The molecule has 0 unspecified atom stereocenters. The summed E-state index contributed by atoms with van der Waals surface area (Å²) in [6.45, 7) is 5.13. The number of piperidine rings is 1. The molecule has 5 nitrogen and oxygen atoms in total. The fourth-order valence-electron chi connectivity index (χ4n) is 3.46. The Bertz CT molecular complexity index is 917. The molecule has 1 saturated heterocycles. The Labute approximate surface area is 182 Å². The third-order valence-corrected chi connectivity index (χ3v) is 7.93. The van der Waals surface area contributed by atoms with Crippen LogP contribution in [0, 0.1) is 11.8 Å². The summed E-state index contributed by atoms with van der Waals surface area (Å²) in [6, 6.07) is 8.19. The van der Waals surface area contributed by atoms with E-state index in [-0.39, 0.29) is 23.7 Å². The van der Waals surface area contributed by atoms with E-state index in [2.05, 4.69) is 22.8 Å². The number of amides is 2. The highest BCUT2D eigenvalue weighted by molar-refractivity contribution is 7.24. The first-order valence-electron chi connectivity index (χ1n) is 9.71. The normalized spacial score (nSPS) is 15.1. The smallest absolute Gasteiger partial charge is 0.229 e. The molecule has 0 saturated carbocycles. The van der Waals surface area contributed by atoms with Gasteiger partial charge in [-0.15, -0.1) is 22.7 Å². The van der Waals surface area contributed by atoms with Gasteiger partial charge in [-0.1, -0.05) is 37.3 Å². The van der Waals surface area contributed by atoms with E-state index in [1.165, 1.54) is 11.3 Å². The topological polar surface area (TPSA) is 62.3 Å². The van der Waals surface area contributed by atoms with E-state index in [0.29, 0.717) is 31.1 Å². The predicted octanol–water partition coefficient (Wildman–Crippen LogP) is 5.43. The van der Waals surface area contributed by atoms with E-state index in [9.17, 15) is 9.59 Å². The SMILES string of the molecule is CC(C)C(=O)N1CCC(C(=O)Nc2nc(-c3cccs3)c(-c3cccs3)s2)CC1. The zero-order valence-electron chi connectivity index (χ0n) is 16.4. The van der Waals surface area contributed by atoms with Crippen LogP contribution in [0.2, 0.25) is 0 Å². The van der Waals surface area contributed by atoms with E-state index >= 15 is 0 Å². The number of anilines is 1. The number of rotatable bonds is 5. The van der Waals surface area contributed by atoms with Crippen LogP contribution in [-0.2, 0) is 9.59 Å². The monoisotopic (exact) mass is 445 g/mol. The Kier molecular flexibility index (Phi) is 6.12. The molecule has 1 aliphatic rings. The summed E-state index contributed by atoms with van der Waals surface area (Å²) < 4.78 is 0. The molecule has 1 N–H and O–H groups in total. The van der Waals surface area contributed by atoms with Crippen LogP contribution in [0.15, 0.2) is 35.0 Å². The van der Waals surface area contributed by atoms with Crippen molar-refractivity contribution in [2.75, 3.05) is 18.4 Å². The third kappa shape index (κ3) is 4.44. The number of carbonyl (C=O) groups excluding carboxylic acids is 2. The van der Waals surface area contributed by atoms with Gasteiger partial charge in [-0.3, -0.25) is 9.59 Å². The maximum Gasteiger partial charge on any atom is 0.229 e. The summed E-state index contributed by atoms with van der Waals surface area (Å²) in [6.07, 6.45) is 1.40. The number of thiophene rings is 2. The zero-order valence-corrected chi connectivity index (χ0v) is 18.8. The van der Waals surface area contributed by atoms with Gasteiger partial charge in [0.05, 0.1) is 9.75 Å².